The topological polar surface area (TPSA) is 67.2 Å². The van der Waals surface area contributed by atoms with Crippen LogP contribution in [0.2, 0.25) is 5.02 Å². The summed E-state index contributed by atoms with van der Waals surface area (Å²) in [4.78, 5) is 16.1. The molecule has 3 rings (SSSR count). The van der Waals surface area contributed by atoms with E-state index in [0.717, 1.165) is 11.3 Å². The van der Waals surface area contributed by atoms with Gasteiger partial charge in [-0.15, -0.1) is 0 Å². The number of hydrogen-bond acceptors (Lipinski definition) is 4. The molecular formula is C17H14ClN3O2. The van der Waals surface area contributed by atoms with Crippen molar-refractivity contribution in [3.05, 3.63) is 71.3 Å². The van der Waals surface area contributed by atoms with Crippen molar-refractivity contribution in [1.29, 1.82) is 0 Å². The summed E-state index contributed by atoms with van der Waals surface area (Å²) in [5.41, 5.74) is 2.42. The number of carbonyl (C=O) groups excluding carboxylic acids is 1. The van der Waals surface area contributed by atoms with E-state index in [0.29, 0.717) is 16.5 Å². The highest BCUT2D eigenvalue weighted by Gasteiger charge is 2.09. The minimum Gasteiger partial charge on any atom is -0.459 e. The number of furan rings is 1. The number of benzene rings is 1. The Morgan fingerprint density at radius 1 is 1.17 bits per heavy atom. The molecule has 3 aromatic rings. The second-order valence-corrected chi connectivity index (χ2v) is 5.31. The zero-order valence-electron chi connectivity index (χ0n) is 12.3. The highest BCUT2D eigenvalue weighted by molar-refractivity contribution is 6.31. The van der Waals surface area contributed by atoms with Crippen LogP contribution in [0.4, 0.5) is 17.2 Å². The molecule has 2 N–H and O–H groups in total. The van der Waals surface area contributed by atoms with Crippen molar-refractivity contribution in [1.82, 2.24) is 4.98 Å². The zero-order chi connectivity index (χ0) is 16.2. The van der Waals surface area contributed by atoms with E-state index in [1.807, 2.05) is 25.1 Å². The highest BCUT2D eigenvalue weighted by atomic mass is 35.5. The quantitative estimate of drug-likeness (QED) is 0.733. The first-order valence-corrected chi connectivity index (χ1v) is 7.34. The van der Waals surface area contributed by atoms with Crippen molar-refractivity contribution in [2.24, 2.45) is 0 Å². The molecule has 0 saturated carbocycles. The third-order valence-corrected chi connectivity index (χ3v) is 3.71. The Balaban J connectivity index is 1.70. The van der Waals surface area contributed by atoms with E-state index in [1.54, 1.807) is 30.5 Å². The summed E-state index contributed by atoms with van der Waals surface area (Å²) >= 11 is 6.09. The van der Waals surface area contributed by atoms with Crippen LogP contribution in [0.1, 0.15) is 16.1 Å². The van der Waals surface area contributed by atoms with Gasteiger partial charge in [-0.25, -0.2) is 4.98 Å². The van der Waals surface area contributed by atoms with E-state index in [1.165, 1.54) is 6.26 Å². The number of pyridine rings is 1. The van der Waals surface area contributed by atoms with Crippen molar-refractivity contribution in [2.75, 3.05) is 10.6 Å². The molecule has 6 heteroatoms. The Labute approximate surface area is 138 Å². The van der Waals surface area contributed by atoms with E-state index in [-0.39, 0.29) is 11.7 Å². The lowest BCUT2D eigenvalue weighted by atomic mass is 10.2. The summed E-state index contributed by atoms with van der Waals surface area (Å²) in [5.74, 6) is 0.594. The monoisotopic (exact) mass is 327 g/mol. The fourth-order valence-electron chi connectivity index (χ4n) is 2.02. The van der Waals surface area contributed by atoms with Gasteiger partial charge in [-0.05, 0) is 48.9 Å². The van der Waals surface area contributed by atoms with Gasteiger partial charge < -0.3 is 15.1 Å². The smallest absolute Gasteiger partial charge is 0.291 e. The largest absolute Gasteiger partial charge is 0.459 e. The predicted molar refractivity (Wildman–Crippen MR) is 90.4 cm³/mol. The Kier molecular flexibility index (Phi) is 4.30. The predicted octanol–water partition coefficient (Wildman–Crippen LogP) is 4.63. The fraction of sp³-hybridized carbons (Fsp3) is 0.0588. The molecule has 0 unspecified atom stereocenters. The summed E-state index contributed by atoms with van der Waals surface area (Å²) in [5, 5.41) is 6.60. The van der Waals surface area contributed by atoms with Crippen LogP contribution in [-0.2, 0) is 0 Å². The number of anilines is 3. The average molecular weight is 328 g/mol. The van der Waals surface area contributed by atoms with Crippen LogP contribution in [0, 0.1) is 6.92 Å². The lowest BCUT2D eigenvalue weighted by Gasteiger charge is -2.10. The maximum absolute atomic E-state index is 11.9. The Hall–Kier alpha value is -2.79. The van der Waals surface area contributed by atoms with Crippen LogP contribution in [0.5, 0.6) is 0 Å². The minimum atomic E-state index is -0.316. The van der Waals surface area contributed by atoms with Crippen LogP contribution in [0.15, 0.2) is 59.3 Å². The molecule has 0 saturated heterocycles. The normalized spacial score (nSPS) is 10.3. The highest BCUT2D eigenvalue weighted by Crippen LogP contribution is 2.25. The molecule has 0 fully saturated rings. The molecule has 0 atom stereocenters. The van der Waals surface area contributed by atoms with Crippen molar-refractivity contribution >= 4 is 34.7 Å². The molecule has 5 nitrogen and oxygen atoms in total. The van der Waals surface area contributed by atoms with Crippen molar-refractivity contribution in [2.45, 2.75) is 6.92 Å². The Morgan fingerprint density at radius 3 is 2.74 bits per heavy atom. The number of halogens is 1. The van der Waals surface area contributed by atoms with Crippen LogP contribution in [-0.4, -0.2) is 10.9 Å². The van der Waals surface area contributed by atoms with E-state index >= 15 is 0 Å². The number of nitrogens with zero attached hydrogens (tertiary/aromatic N) is 1. The van der Waals surface area contributed by atoms with Gasteiger partial charge in [0, 0.05) is 10.7 Å². The van der Waals surface area contributed by atoms with E-state index < -0.39 is 0 Å². The number of carbonyl (C=O) groups is 1. The van der Waals surface area contributed by atoms with Gasteiger partial charge in [-0.3, -0.25) is 4.79 Å². The third-order valence-electron chi connectivity index (χ3n) is 3.30. The number of aromatic nitrogens is 1. The van der Waals surface area contributed by atoms with Crippen LogP contribution in [0.25, 0.3) is 0 Å². The first kappa shape index (κ1) is 15.1. The molecule has 2 heterocycles. The van der Waals surface area contributed by atoms with Gasteiger partial charge in [0.25, 0.3) is 5.91 Å². The van der Waals surface area contributed by atoms with Crippen LogP contribution in [0.3, 0.4) is 0 Å². The number of nitrogens with one attached hydrogen (secondary N) is 2. The maximum atomic E-state index is 11.9. The van der Waals surface area contributed by atoms with Gasteiger partial charge in [0.1, 0.15) is 5.82 Å². The van der Waals surface area contributed by atoms with Gasteiger partial charge in [-0.1, -0.05) is 17.7 Å². The van der Waals surface area contributed by atoms with Crippen LogP contribution >= 0.6 is 11.6 Å². The zero-order valence-corrected chi connectivity index (χ0v) is 13.1. The molecular weight excluding hydrogens is 314 g/mol. The fourth-order valence-corrected chi connectivity index (χ4v) is 2.20. The lowest BCUT2D eigenvalue weighted by Crippen LogP contribution is -2.11. The van der Waals surface area contributed by atoms with Crippen LogP contribution < -0.4 is 10.6 Å². The molecule has 1 amide bonds. The molecule has 1 aromatic carbocycles. The van der Waals surface area contributed by atoms with Gasteiger partial charge in [0.2, 0.25) is 0 Å². The summed E-state index contributed by atoms with van der Waals surface area (Å²) in [6.07, 6.45) is 3.02. The number of hydrogen-bond donors (Lipinski definition) is 2. The SMILES string of the molecule is Cc1c(Cl)cccc1Nc1ccc(NC(=O)c2ccco2)cn1. The molecule has 2 aromatic heterocycles. The van der Waals surface area contributed by atoms with Gasteiger partial charge in [0.05, 0.1) is 18.1 Å². The summed E-state index contributed by atoms with van der Waals surface area (Å²) in [6, 6.07) is 12.4. The van der Waals surface area contributed by atoms with Gasteiger partial charge in [-0.2, -0.15) is 0 Å². The standard InChI is InChI=1S/C17H14ClN3O2/c1-11-13(18)4-2-5-14(11)21-16-8-7-12(10-19-16)20-17(22)15-6-3-9-23-15/h2-10H,1H3,(H,19,21)(H,20,22). The van der Waals surface area contributed by atoms with E-state index in [4.69, 9.17) is 16.0 Å². The second-order valence-electron chi connectivity index (χ2n) is 4.90. The van der Waals surface area contributed by atoms with E-state index in [2.05, 4.69) is 15.6 Å². The van der Waals surface area contributed by atoms with E-state index in [9.17, 15) is 4.79 Å². The summed E-state index contributed by atoms with van der Waals surface area (Å²) in [7, 11) is 0. The average Bonchev–Trinajstić information content (AvgIpc) is 3.08. The molecule has 0 aliphatic carbocycles. The molecule has 0 aliphatic rings. The Bertz CT molecular complexity index is 814. The van der Waals surface area contributed by atoms with Gasteiger partial charge in [0.15, 0.2) is 5.76 Å². The number of rotatable bonds is 4. The Morgan fingerprint density at radius 2 is 2.04 bits per heavy atom. The first-order valence-electron chi connectivity index (χ1n) is 6.96. The van der Waals surface area contributed by atoms with Crippen molar-refractivity contribution in [3.63, 3.8) is 0 Å². The second kappa shape index (κ2) is 6.54. The van der Waals surface area contributed by atoms with Crippen molar-refractivity contribution < 1.29 is 9.21 Å². The maximum Gasteiger partial charge on any atom is 0.291 e. The molecule has 0 radical (unpaired) electrons. The lowest BCUT2D eigenvalue weighted by molar-refractivity contribution is 0.0996. The molecule has 116 valence electrons. The summed E-state index contributed by atoms with van der Waals surface area (Å²) < 4.78 is 5.04. The third kappa shape index (κ3) is 3.52. The molecule has 0 bridgehead atoms. The van der Waals surface area contributed by atoms with Gasteiger partial charge >= 0.3 is 0 Å². The molecule has 0 aliphatic heterocycles. The molecule has 0 spiro atoms. The summed E-state index contributed by atoms with van der Waals surface area (Å²) in [6.45, 7) is 1.93. The minimum absolute atomic E-state index is 0.252. The first-order chi connectivity index (χ1) is 11.1. The van der Waals surface area contributed by atoms with Crippen molar-refractivity contribution in [3.8, 4) is 0 Å². The molecule has 23 heavy (non-hydrogen) atoms. The number of amides is 1.